The Kier molecular flexibility index (Phi) is 9.54. The number of hydrogen-bond donors (Lipinski definition) is 3. The first kappa shape index (κ1) is 30.7. The molecule has 1 saturated carbocycles. The van der Waals surface area contributed by atoms with Gasteiger partial charge in [-0.25, -0.2) is 0 Å². The maximum atomic E-state index is 13.3. The Morgan fingerprint density at radius 1 is 0.841 bits per heavy atom. The van der Waals surface area contributed by atoms with Crippen LogP contribution < -0.4 is 21.3 Å². The van der Waals surface area contributed by atoms with Crippen molar-refractivity contribution >= 4 is 34.8 Å². The van der Waals surface area contributed by atoms with Crippen molar-refractivity contribution < 1.29 is 19.3 Å². The number of rotatable bonds is 7. The largest absolute Gasteiger partial charge is 0.368 e. The molecular formula is C33H38N6O5. The van der Waals surface area contributed by atoms with Crippen LogP contribution in [-0.4, -0.2) is 65.8 Å². The lowest BCUT2D eigenvalue weighted by atomic mass is 9.91. The zero-order chi connectivity index (χ0) is 31.2. The van der Waals surface area contributed by atoms with Crippen LogP contribution in [0.2, 0.25) is 0 Å². The van der Waals surface area contributed by atoms with Gasteiger partial charge < -0.3 is 26.2 Å². The second-order valence-corrected chi connectivity index (χ2v) is 11.6. The van der Waals surface area contributed by atoms with Gasteiger partial charge in [-0.3, -0.25) is 24.5 Å². The molecule has 11 heteroatoms. The molecule has 11 nitrogen and oxygen atoms in total. The molecule has 0 radical (unpaired) electrons. The van der Waals surface area contributed by atoms with Gasteiger partial charge in [0, 0.05) is 67.1 Å². The van der Waals surface area contributed by atoms with Crippen molar-refractivity contribution in [1.82, 2.24) is 10.2 Å². The normalized spacial score (nSPS) is 18.7. The summed E-state index contributed by atoms with van der Waals surface area (Å²) in [6, 6.07) is 18.4. The van der Waals surface area contributed by atoms with E-state index in [1.54, 1.807) is 12.1 Å². The Morgan fingerprint density at radius 3 is 2.27 bits per heavy atom. The molecular weight excluding hydrogens is 560 g/mol. The first-order valence-electron chi connectivity index (χ1n) is 15.0. The molecule has 0 aromatic heterocycles. The summed E-state index contributed by atoms with van der Waals surface area (Å²) >= 11 is 0. The molecule has 4 N–H and O–H groups in total. The fourth-order valence-electron chi connectivity index (χ4n) is 5.84. The Labute approximate surface area is 256 Å². The summed E-state index contributed by atoms with van der Waals surface area (Å²) in [7, 11) is 0. The lowest BCUT2D eigenvalue weighted by Crippen LogP contribution is -2.40. The summed E-state index contributed by atoms with van der Waals surface area (Å²) < 4.78 is 0. The van der Waals surface area contributed by atoms with Crippen LogP contribution in [0.3, 0.4) is 0 Å². The smallest absolute Gasteiger partial charge is 0.269 e. The molecule has 0 spiro atoms. The first-order valence-corrected chi connectivity index (χ1v) is 15.0. The van der Waals surface area contributed by atoms with E-state index in [0.717, 1.165) is 43.4 Å². The molecule has 1 aliphatic carbocycles. The van der Waals surface area contributed by atoms with Gasteiger partial charge in [0.1, 0.15) is 0 Å². The number of anilines is 2. The number of carbonyl (C=O) groups is 3. The van der Waals surface area contributed by atoms with Crippen LogP contribution in [0.25, 0.3) is 0 Å². The first-order chi connectivity index (χ1) is 21.2. The number of nitrogens with one attached hydrogen (secondary N) is 2. The van der Waals surface area contributed by atoms with Gasteiger partial charge in [-0.05, 0) is 81.5 Å². The third-order valence-electron chi connectivity index (χ3n) is 8.34. The molecule has 0 bridgehead atoms. The number of aryl methyl sites for hydroxylation is 1. The fraction of sp³-hybridized carbons (Fsp3) is 0.364. The molecule has 230 valence electrons. The number of hydrogen-bond acceptors (Lipinski definition) is 7. The molecule has 44 heavy (non-hydrogen) atoms. The summed E-state index contributed by atoms with van der Waals surface area (Å²) in [6.07, 6.45) is 4.08. The van der Waals surface area contributed by atoms with Crippen LogP contribution in [0.4, 0.5) is 17.1 Å². The van der Waals surface area contributed by atoms with Gasteiger partial charge in [0.15, 0.2) is 0 Å². The zero-order valence-corrected chi connectivity index (χ0v) is 24.8. The third-order valence-corrected chi connectivity index (χ3v) is 8.34. The minimum atomic E-state index is -0.520. The van der Waals surface area contributed by atoms with E-state index in [1.807, 2.05) is 42.2 Å². The van der Waals surface area contributed by atoms with Crippen LogP contribution in [0.15, 0.2) is 66.7 Å². The minimum Gasteiger partial charge on any atom is -0.368 e. The maximum absolute atomic E-state index is 13.3. The minimum absolute atomic E-state index is 0.0158. The van der Waals surface area contributed by atoms with Crippen LogP contribution in [0.1, 0.15) is 68.7 Å². The molecule has 3 aromatic rings. The van der Waals surface area contributed by atoms with Crippen molar-refractivity contribution in [2.75, 3.05) is 36.4 Å². The molecule has 1 aliphatic heterocycles. The molecule has 5 rings (SSSR count). The maximum Gasteiger partial charge on any atom is 0.269 e. The van der Waals surface area contributed by atoms with Crippen LogP contribution in [0, 0.1) is 17.0 Å². The summed E-state index contributed by atoms with van der Waals surface area (Å²) in [6.45, 7) is 4.23. The Bertz CT molecular complexity index is 1530. The summed E-state index contributed by atoms with van der Waals surface area (Å²) in [5.74, 6) is -0.697. The highest BCUT2D eigenvalue weighted by Gasteiger charge is 2.25. The van der Waals surface area contributed by atoms with E-state index < -0.39 is 10.8 Å². The summed E-state index contributed by atoms with van der Waals surface area (Å²) in [4.78, 5) is 54.3. The summed E-state index contributed by atoms with van der Waals surface area (Å²) in [5, 5.41) is 17.1. The van der Waals surface area contributed by atoms with Crippen molar-refractivity contribution in [3.63, 3.8) is 0 Å². The van der Waals surface area contributed by atoms with Gasteiger partial charge in [-0.1, -0.05) is 17.7 Å². The molecule has 2 aliphatic rings. The van der Waals surface area contributed by atoms with Crippen LogP contribution in [-0.2, 0) is 0 Å². The van der Waals surface area contributed by atoms with E-state index in [0.29, 0.717) is 43.0 Å². The predicted molar refractivity (Wildman–Crippen MR) is 169 cm³/mol. The standard InChI is InChI=1S/C33H38N6O5/c1-22-4-2-5-25(20-22)33(42)38-17-3-16-37(18-19-38)30-15-8-24(32(41)35-27-11-9-26(34)10-12-27)21-29(30)36-31(40)23-6-13-28(14-7-23)39(43)44/h2,4-8,13-15,20-21,26-27H,3,9-12,16-19,34H2,1H3,(H,35,41)(H,36,40). The highest BCUT2D eigenvalue weighted by Crippen LogP contribution is 2.30. The Morgan fingerprint density at radius 2 is 1.57 bits per heavy atom. The van der Waals surface area contributed by atoms with Crippen LogP contribution in [0.5, 0.6) is 0 Å². The van der Waals surface area contributed by atoms with E-state index in [9.17, 15) is 24.5 Å². The van der Waals surface area contributed by atoms with E-state index in [2.05, 4.69) is 15.5 Å². The third kappa shape index (κ3) is 7.41. The number of carbonyl (C=O) groups excluding carboxylic acids is 3. The van der Waals surface area contributed by atoms with Crippen molar-refractivity contribution in [2.24, 2.45) is 5.73 Å². The van der Waals surface area contributed by atoms with Gasteiger partial charge in [-0.15, -0.1) is 0 Å². The molecule has 3 aromatic carbocycles. The predicted octanol–water partition coefficient (Wildman–Crippen LogP) is 4.51. The number of nitrogens with zero attached hydrogens (tertiary/aromatic N) is 3. The lowest BCUT2D eigenvalue weighted by Gasteiger charge is -2.28. The van der Waals surface area contributed by atoms with Crippen molar-refractivity contribution in [3.05, 3.63) is 99.1 Å². The average molecular weight is 599 g/mol. The highest BCUT2D eigenvalue weighted by molar-refractivity contribution is 6.07. The number of amides is 3. The number of nitro benzene ring substituents is 1. The van der Waals surface area contributed by atoms with Gasteiger partial charge in [-0.2, -0.15) is 0 Å². The molecule has 0 atom stereocenters. The fourth-order valence-corrected chi connectivity index (χ4v) is 5.84. The monoisotopic (exact) mass is 598 g/mol. The SMILES string of the molecule is Cc1cccc(C(=O)N2CCCN(c3ccc(C(=O)NC4CCC(N)CC4)cc3NC(=O)c3ccc([N+](=O)[O-])cc3)CC2)c1. The van der Waals surface area contributed by atoms with E-state index in [4.69, 9.17) is 5.73 Å². The average Bonchev–Trinajstić information content (AvgIpc) is 3.28. The highest BCUT2D eigenvalue weighted by atomic mass is 16.6. The number of non-ortho nitro benzene ring substituents is 1. The molecule has 3 amide bonds. The zero-order valence-electron chi connectivity index (χ0n) is 24.8. The molecule has 0 unspecified atom stereocenters. The molecule has 2 fully saturated rings. The molecule has 1 heterocycles. The van der Waals surface area contributed by atoms with Gasteiger partial charge in [0.05, 0.1) is 16.3 Å². The molecule has 1 saturated heterocycles. The van der Waals surface area contributed by atoms with E-state index in [1.165, 1.54) is 24.3 Å². The van der Waals surface area contributed by atoms with Crippen molar-refractivity contribution in [2.45, 2.75) is 51.1 Å². The topological polar surface area (TPSA) is 151 Å². The quantitative estimate of drug-likeness (QED) is 0.267. The van der Waals surface area contributed by atoms with Gasteiger partial charge >= 0.3 is 0 Å². The number of nitrogens with two attached hydrogens (primary N) is 1. The van der Waals surface area contributed by atoms with Gasteiger partial charge in [0.2, 0.25) is 0 Å². The van der Waals surface area contributed by atoms with Crippen LogP contribution >= 0.6 is 0 Å². The second kappa shape index (κ2) is 13.7. The number of benzene rings is 3. The Balaban J connectivity index is 1.37. The number of nitro groups is 1. The van der Waals surface area contributed by atoms with Gasteiger partial charge in [0.25, 0.3) is 23.4 Å². The van der Waals surface area contributed by atoms with E-state index in [-0.39, 0.29) is 35.1 Å². The summed E-state index contributed by atoms with van der Waals surface area (Å²) in [5.41, 5.74) is 9.43. The van der Waals surface area contributed by atoms with Crippen molar-refractivity contribution in [1.29, 1.82) is 0 Å². The van der Waals surface area contributed by atoms with E-state index >= 15 is 0 Å². The Hall–Kier alpha value is -4.77. The lowest BCUT2D eigenvalue weighted by molar-refractivity contribution is -0.384. The second-order valence-electron chi connectivity index (χ2n) is 11.6. The van der Waals surface area contributed by atoms with Crippen molar-refractivity contribution in [3.8, 4) is 0 Å².